The van der Waals surface area contributed by atoms with E-state index >= 15 is 0 Å². The Labute approximate surface area is 102 Å². The minimum Gasteiger partial charge on any atom is -0.325 e. The monoisotopic (exact) mass is 230 g/mol. The largest absolute Gasteiger partial charge is 0.325 e. The molecule has 90 valence electrons. The standard InChI is InChI=1S/C14H18N2O/c17-14(16-9-1-2-10-16)15-13-7-5-12(6-8-13)11-3-4-11/h5-8,11H,1-4,9-10H2,(H,15,17). The van der Waals surface area contributed by atoms with Gasteiger partial charge in [-0.05, 0) is 49.3 Å². The van der Waals surface area contributed by atoms with E-state index in [1.165, 1.54) is 18.4 Å². The molecule has 0 aromatic heterocycles. The number of hydrogen-bond donors (Lipinski definition) is 1. The number of carbonyl (C=O) groups is 1. The van der Waals surface area contributed by atoms with Crippen LogP contribution < -0.4 is 5.32 Å². The number of benzene rings is 1. The van der Waals surface area contributed by atoms with Gasteiger partial charge in [-0.1, -0.05) is 12.1 Å². The molecule has 17 heavy (non-hydrogen) atoms. The third-order valence-electron chi connectivity index (χ3n) is 3.60. The van der Waals surface area contributed by atoms with Crippen LogP contribution in [0.2, 0.25) is 0 Å². The summed E-state index contributed by atoms with van der Waals surface area (Å²) >= 11 is 0. The van der Waals surface area contributed by atoms with Crippen molar-refractivity contribution in [3.05, 3.63) is 29.8 Å². The summed E-state index contributed by atoms with van der Waals surface area (Å²) < 4.78 is 0. The van der Waals surface area contributed by atoms with Gasteiger partial charge in [-0.25, -0.2) is 4.79 Å². The maximum absolute atomic E-state index is 11.9. The van der Waals surface area contributed by atoms with Crippen molar-refractivity contribution in [2.24, 2.45) is 0 Å². The van der Waals surface area contributed by atoms with Crippen LogP contribution in [0.5, 0.6) is 0 Å². The summed E-state index contributed by atoms with van der Waals surface area (Å²) in [5.41, 5.74) is 2.32. The van der Waals surface area contributed by atoms with Crippen molar-refractivity contribution in [2.45, 2.75) is 31.6 Å². The van der Waals surface area contributed by atoms with Crippen LogP contribution in [0, 0.1) is 0 Å². The molecule has 1 heterocycles. The van der Waals surface area contributed by atoms with Gasteiger partial charge in [0.25, 0.3) is 0 Å². The van der Waals surface area contributed by atoms with Crippen LogP contribution in [0.4, 0.5) is 10.5 Å². The minimum absolute atomic E-state index is 0.0432. The molecule has 2 amide bonds. The summed E-state index contributed by atoms with van der Waals surface area (Å²) in [7, 11) is 0. The molecular formula is C14H18N2O. The summed E-state index contributed by atoms with van der Waals surface area (Å²) in [5, 5.41) is 2.96. The highest BCUT2D eigenvalue weighted by atomic mass is 16.2. The van der Waals surface area contributed by atoms with Crippen LogP contribution >= 0.6 is 0 Å². The first-order valence-electron chi connectivity index (χ1n) is 6.49. The van der Waals surface area contributed by atoms with Gasteiger partial charge in [0.05, 0.1) is 0 Å². The third kappa shape index (κ3) is 2.43. The Morgan fingerprint density at radius 1 is 1.12 bits per heavy atom. The Kier molecular flexibility index (Phi) is 2.75. The smallest absolute Gasteiger partial charge is 0.321 e. The van der Waals surface area contributed by atoms with Crippen molar-refractivity contribution in [3.8, 4) is 0 Å². The molecule has 0 spiro atoms. The molecule has 1 saturated carbocycles. The van der Waals surface area contributed by atoms with Gasteiger partial charge in [0.2, 0.25) is 0 Å². The zero-order valence-electron chi connectivity index (χ0n) is 9.98. The Bertz CT molecular complexity index is 403. The molecule has 0 bridgehead atoms. The van der Waals surface area contributed by atoms with Gasteiger partial charge in [-0.2, -0.15) is 0 Å². The van der Waals surface area contributed by atoms with Crippen LogP contribution in [-0.2, 0) is 0 Å². The van der Waals surface area contributed by atoms with Crippen molar-refractivity contribution in [1.82, 2.24) is 4.90 Å². The van der Waals surface area contributed by atoms with Crippen molar-refractivity contribution in [2.75, 3.05) is 18.4 Å². The lowest BCUT2D eigenvalue weighted by Gasteiger charge is -2.16. The molecule has 1 saturated heterocycles. The van der Waals surface area contributed by atoms with Gasteiger partial charge < -0.3 is 10.2 Å². The number of hydrogen-bond acceptors (Lipinski definition) is 1. The molecule has 2 fully saturated rings. The second-order valence-electron chi connectivity index (χ2n) is 5.02. The fourth-order valence-corrected chi connectivity index (χ4v) is 2.38. The summed E-state index contributed by atoms with van der Waals surface area (Å²) in [6.07, 6.45) is 4.90. The van der Waals surface area contributed by atoms with Crippen molar-refractivity contribution in [1.29, 1.82) is 0 Å². The van der Waals surface area contributed by atoms with E-state index in [0.29, 0.717) is 0 Å². The highest BCUT2D eigenvalue weighted by Gasteiger charge is 2.23. The normalized spacial score (nSPS) is 19.4. The number of amides is 2. The predicted molar refractivity (Wildman–Crippen MR) is 68.2 cm³/mol. The Morgan fingerprint density at radius 2 is 1.76 bits per heavy atom. The molecule has 1 aromatic carbocycles. The summed E-state index contributed by atoms with van der Waals surface area (Å²) in [6, 6.07) is 8.35. The van der Waals surface area contributed by atoms with Crippen molar-refractivity contribution >= 4 is 11.7 Å². The van der Waals surface area contributed by atoms with Gasteiger partial charge in [0.15, 0.2) is 0 Å². The van der Waals surface area contributed by atoms with Crippen molar-refractivity contribution in [3.63, 3.8) is 0 Å². The average molecular weight is 230 g/mol. The number of anilines is 1. The molecule has 1 aliphatic heterocycles. The summed E-state index contributed by atoms with van der Waals surface area (Å²) in [5.74, 6) is 0.776. The topological polar surface area (TPSA) is 32.3 Å². The second-order valence-corrected chi connectivity index (χ2v) is 5.02. The lowest BCUT2D eigenvalue weighted by Crippen LogP contribution is -2.32. The SMILES string of the molecule is O=C(Nc1ccc(C2CC2)cc1)N1CCCC1. The van der Waals surface area contributed by atoms with Crippen LogP contribution in [-0.4, -0.2) is 24.0 Å². The molecule has 0 unspecified atom stereocenters. The lowest BCUT2D eigenvalue weighted by atomic mass is 10.1. The van der Waals surface area contributed by atoms with Gasteiger partial charge >= 0.3 is 6.03 Å². The van der Waals surface area contributed by atoms with Crippen LogP contribution in [0.25, 0.3) is 0 Å². The molecule has 2 aliphatic rings. The third-order valence-corrected chi connectivity index (χ3v) is 3.60. The number of rotatable bonds is 2. The molecule has 1 N–H and O–H groups in total. The average Bonchev–Trinajstić information content (AvgIpc) is 3.05. The second kappa shape index (κ2) is 4.40. The fourth-order valence-electron chi connectivity index (χ4n) is 2.38. The van der Waals surface area contributed by atoms with E-state index < -0.39 is 0 Å². The molecule has 0 radical (unpaired) electrons. The summed E-state index contributed by atoms with van der Waals surface area (Å²) in [4.78, 5) is 13.7. The van der Waals surface area contributed by atoms with Gasteiger partial charge in [0.1, 0.15) is 0 Å². The first-order chi connectivity index (χ1) is 8.33. The number of nitrogens with zero attached hydrogens (tertiary/aromatic N) is 1. The van der Waals surface area contributed by atoms with E-state index in [2.05, 4.69) is 17.4 Å². The Hall–Kier alpha value is -1.51. The molecule has 1 aromatic rings. The van der Waals surface area contributed by atoms with Gasteiger partial charge in [-0.15, -0.1) is 0 Å². The number of carbonyl (C=O) groups excluding carboxylic acids is 1. The fraction of sp³-hybridized carbons (Fsp3) is 0.500. The molecule has 3 nitrogen and oxygen atoms in total. The first-order valence-corrected chi connectivity index (χ1v) is 6.49. The predicted octanol–water partition coefficient (Wildman–Crippen LogP) is 3.19. The molecule has 0 atom stereocenters. The molecule has 3 rings (SSSR count). The van der Waals surface area contributed by atoms with E-state index in [0.717, 1.165) is 37.5 Å². The van der Waals surface area contributed by atoms with Crippen LogP contribution in [0.3, 0.4) is 0 Å². The zero-order valence-corrected chi connectivity index (χ0v) is 9.98. The lowest BCUT2D eigenvalue weighted by molar-refractivity contribution is 0.222. The van der Waals surface area contributed by atoms with E-state index in [1.54, 1.807) is 0 Å². The van der Waals surface area contributed by atoms with Gasteiger partial charge in [0, 0.05) is 18.8 Å². The number of nitrogens with one attached hydrogen (secondary N) is 1. The van der Waals surface area contributed by atoms with E-state index in [-0.39, 0.29) is 6.03 Å². The van der Waals surface area contributed by atoms with E-state index in [9.17, 15) is 4.79 Å². The maximum Gasteiger partial charge on any atom is 0.321 e. The van der Waals surface area contributed by atoms with Crippen molar-refractivity contribution < 1.29 is 4.79 Å². The number of urea groups is 1. The highest BCUT2D eigenvalue weighted by Crippen LogP contribution is 2.40. The van der Waals surface area contributed by atoms with Gasteiger partial charge in [-0.3, -0.25) is 0 Å². The Morgan fingerprint density at radius 3 is 2.35 bits per heavy atom. The van der Waals surface area contributed by atoms with Crippen LogP contribution in [0.1, 0.15) is 37.2 Å². The quantitative estimate of drug-likeness (QED) is 0.831. The Balaban J connectivity index is 1.61. The molecule has 1 aliphatic carbocycles. The maximum atomic E-state index is 11.9. The van der Waals surface area contributed by atoms with E-state index in [4.69, 9.17) is 0 Å². The summed E-state index contributed by atoms with van der Waals surface area (Å²) in [6.45, 7) is 1.79. The highest BCUT2D eigenvalue weighted by molar-refractivity contribution is 5.89. The number of likely N-dealkylation sites (tertiary alicyclic amines) is 1. The molecule has 3 heteroatoms. The first kappa shape index (κ1) is 10.6. The van der Waals surface area contributed by atoms with Crippen LogP contribution in [0.15, 0.2) is 24.3 Å². The molecular weight excluding hydrogens is 212 g/mol. The minimum atomic E-state index is 0.0432. The van der Waals surface area contributed by atoms with E-state index in [1.807, 2.05) is 17.0 Å². The zero-order chi connectivity index (χ0) is 11.7.